The first-order valence-corrected chi connectivity index (χ1v) is 6.97. The summed E-state index contributed by atoms with van der Waals surface area (Å²) in [5.74, 6) is -0.867. The second kappa shape index (κ2) is 7.05. The third-order valence-electron chi connectivity index (χ3n) is 3.30. The predicted octanol–water partition coefficient (Wildman–Crippen LogP) is 1.19. The van der Waals surface area contributed by atoms with Gasteiger partial charge in [0.1, 0.15) is 0 Å². The molecule has 3 N–H and O–H groups in total. The number of carboxylic acids is 1. The minimum Gasteiger partial charge on any atom is -0.478 e. The highest BCUT2D eigenvalue weighted by Crippen LogP contribution is 2.18. The highest BCUT2D eigenvalue weighted by molar-refractivity contribution is 5.87. The fourth-order valence-corrected chi connectivity index (χ4v) is 1.93. The van der Waals surface area contributed by atoms with Crippen molar-refractivity contribution < 1.29 is 14.7 Å². The van der Waals surface area contributed by atoms with Gasteiger partial charge in [-0.15, -0.1) is 0 Å². The molecule has 5 nitrogen and oxygen atoms in total. The van der Waals surface area contributed by atoms with E-state index in [1.54, 1.807) is 24.3 Å². The van der Waals surface area contributed by atoms with E-state index in [0.717, 1.165) is 12.1 Å². The fraction of sp³-hybridized carbons (Fsp3) is 0.467. The van der Waals surface area contributed by atoms with E-state index < -0.39 is 5.97 Å². The normalized spacial score (nSPS) is 14.0. The molecule has 1 saturated carbocycles. The van der Waals surface area contributed by atoms with Crippen LogP contribution in [0.1, 0.15) is 35.2 Å². The zero-order chi connectivity index (χ0) is 14.4. The number of rotatable bonds is 8. The SMILES string of the molecule is O=C(CCNC1CC1)NCCc1ccc(C(=O)O)cc1. The maximum absolute atomic E-state index is 11.5. The number of aromatic carboxylic acids is 1. The molecule has 1 aliphatic rings. The molecule has 1 aromatic carbocycles. The monoisotopic (exact) mass is 276 g/mol. The van der Waals surface area contributed by atoms with Crippen molar-refractivity contribution >= 4 is 11.9 Å². The van der Waals surface area contributed by atoms with E-state index in [0.29, 0.717) is 25.4 Å². The molecule has 20 heavy (non-hydrogen) atoms. The van der Waals surface area contributed by atoms with Gasteiger partial charge in [0, 0.05) is 25.6 Å². The molecule has 2 rings (SSSR count). The standard InChI is InChI=1S/C15H20N2O3/c18-14(8-10-16-13-5-6-13)17-9-7-11-1-3-12(4-2-11)15(19)20/h1-4,13,16H,5-10H2,(H,17,18)(H,19,20). The van der Waals surface area contributed by atoms with Crippen molar-refractivity contribution in [2.75, 3.05) is 13.1 Å². The van der Waals surface area contributed by atoms with Crippen LogP contribution in [0.2, 0.25) is 0 Å². The van der Waals surface area contributed by atoms with E-state index in [2.05, 4.69) is 10.6 Å². The van der Waals surface area contributed by atoms with Crippen LogP contribution in [0.3, 0.4) is 0 Å². The lowest BCUT2D eigenvalue weighted by Crippen LogP contribution is -2.29. The summed E-state index contributed by atoms with van der Waals surface area (Å²) in [6, 6.07) is 7.36. The molecule has 0 unspecified atom stereocenters. The largest absolute Gasteiger partial charge is 0.478 e. The molecule has 1 aliphatic carbocycles. The molecule has 0 aromatic heterocycles. The average molecular weight is 276 g/mol. The zero-order valence-electron chi connectivity index (χ0n) is 11.4. The van der Waals surface area contributed by atoms with E-state index in [-0.39, 0.29) is 11.5 Å². The summed E-state index contributed by atoms with van der Waals surface area (Å²) < 4.78 is 0. The first-order valence-electron chi connectivity index (χ1n) is 6.97. The number of hydrogen-bond acceptors (Lipinski definition) is 3. The maximum atomic E-state index is 11.5. The molecule has 0 bridgehead atoms. The van der Waals surface area contributed by atoms with E-state index in [1.165, 1.54) is 12.8 Å². The van der Waals surface area contributed by atoms with Gasteiger partial charge in [0.2, 0.25) is 5.91 Å². The molecule has 0 heterocycles. The Labute approximate surface area is 118 Å². The van der Waals surface area contributed by atoms with Crippen molar-refractivity contribution in [1.29, 1.82) is 0 Å². The lowest BCUT2D eigenvalue weighted by molar-refractivity contribution is -0.120. The van der Waals surface area contributed by atoms with Crippen molar-refractivity contribution in [1.82, 2.24) is 10.6 Å². The average Bonchev–Trinajstić information content (AvgIpc) is 3.23. The van der Waals surface area contributed by atoms with E-state index in [4.69, 9.17) is 5.11 Å². The summed E-state index contributed by atoms with van der Waals surface area (Å²) in [7, 11) is 0. The maximum Gasteiger partial charge on any atom is 0.335 e. The van der Waals surface area contributed by atoms with Gasteiger partial charge in [-0.25, -0.2) is 4.79 Å². The minimum absolute atomic E-state index is 0.0558. The summed E-state index contributed by atoms with van der Waals surface area (Å²) in [6.07, 6.45) is 3.68. The van der Waals surface area contributed by atoms with Crippen molar-refractivity contribution in [3.63, 3.8) is 0 Å². The zero-order valence-corrected chi connectivity index (χ0v) is 11.4. The first kappa shape index (κ1) is 14.5. The van der Waals surface area contributed by atoms with Crippen LogP contribution in [0.4, 0.5) is 0 Å². The summed E-state index contributed by atoms with van der Waals surface area (Å²) >= 11 is 0. The van der Waals surface area contributed by atoms with Crippen LogP contribution >= 0.6 is 0 Å². The number of nitrogens with one attached hydrogen (secondary N) is 2. The van der Waals surface area contributed by atoms with E-state index in [1.807, 2.05) is 0 Å². The molecule has 1 fully saturated rings. The van der Waals surface area contributed by atoms with Crippen LogP contribution in [-0.4, -0.2) is 36.1 Å². The van der Waals surface area contributed by atoms with Crippen molar-refractivity contribution in [2.24, 2.45) is 0 Å². The Hall–Kier alpha value is -1.88. The van der Waals surface area contributed by atoms with Crippen LogP contribution in [0.5, 0.6) is 0 Å². The predicted molar refractivity (Wildman–Crippen MR) is 75.8 cm³/mol. The van der Waals surface area contributed by atoms with Gasteiger partial charge in [0.25, 0.3) is 0 Å². The summed E-state index contributed by atoms with van der Waals surface area (Å²) in [4.78, 5) is 22.3. The molecule has 0 saturated heterocycles. The van der Waals surface area contributed by atoms with Gasteiger partial charge in [-0.05, 0) is 37.0 Å². The molecule has 1 aromatic rings. The fourth-order valence-electron chi connectivity index (χ4n) is 1.93. The molecule has 0 spiro atoms. The van der Waals surface area contributed by atoms with Crippen LogP contribution in [0, 0.1) is 0 Å². The molecular formula is C15H20N2O3. The van der Waals surface area contributed by atoms with Gasteiger partial charge in [-0.1, -0.05) is 12.1 Å². The first-order chi connectivity index (χ1) is 9.65. The van der Waals surface area contributed by atoms with Gasteiger partial charge < -0.3 is 15.7 Å². The molecule has 108 valence electrons. The van der Waals surface area contributed by atoms with Gasteiger partial charge in [0.15, 0.2) is 0 Å². The Kier molecular flexibility index (Phi) is 5.12. The van der Waals surface area contributed by atoms with Crippen LogP contribution < -0.4 is 10.6 Å². The Balaban J connectivity index is 1.61. The van der Waals surface area contributed by atoms with Gasteiger partial charge in [-0.3, -0.25) is 4.79 Å². The number of amides is 1. The topological polar surface area (TPSA) is 78.4 Å². The van der Waals surface area contributed by atoms with Crippen molar-refractivity contribution in [3.8, 4) is 0 Å². The number of benzene rings is 1. The summed E-state index contributed by atoms with van der Waals surface area (Å²) in [6.45, 7) is 1.32. The molecule has 1 amide bonds. The minimum atomic E-state index is -0.923. The Morgan fingerprint density at radius 3 is 2.45 bits per heavy atom. The van der Waals surface area contributed by atoms with Crippen LogP contribution in [0.25, 0.3) is 0 Å². The lowest BCUT2D eigenvalue weighted by Gasteiger charge is -2.06. The highest BCUT2D eigenvalue weighted by atomic mass is 16.4. The molecule has 0 atom stereocenters. The Morgan fingerprint density at radius 2 is 1.85 bits per heavy atom. The number of carbonyl (C=O) groups is 2. The Bertz CT molecular complexity index is 467. The van der Waals surface area contributed by atoms with Crippen molar-refractivity contribution in [3.05, 3.63) is 35.4 Å². The van der Waals surface area contributed by atoms with Gasteiger partial charge in [0.05, 0.1) is 5.56 Å². The molecular weight excluding hydrogens is 256 g/mol. The molecule has 0 radical (unpaired) electrons. The van der Waals surface area contributed by atoms with E-state index >= 15 is 0 Å². The van der Waals surface area contributed by atoms with Crippen LogP contribution in [0.15, 0.2) is 24.3 Å². The molecule has 5 heteroatoms. The number of hydrogen-bond donors (Lipinski definition) is 3. The van der Waals surface area contributed by atoms with Crippen LogP contribution in [-0.2, 0) is 11.2 Å². The summed E-state index contributed by atoms with van der Waals surface area (Å²) in [5, 5.41) is 15.0. The van der Waals surface area contributed by atoms with Crippen molar-refractivity contribution in [2.45, 2.75) is 31.7 Å². The van der Waals surface area contributed by atoms with E-state index in [9.17, 15) is 9.59 Å². The molecule has 0 aliphatic heterocycles. The Morgan fingerprint density at radius 1 is 1.15 bits per heavy atom. The smallest absolute Gasteiger partial charge is 0.335 e. The lowest BCUT2D eigenvalue weighted by atomic mass is 10.1. The van der Waals surface area contributed by atoms with Gasteiger partial charge in [-0.2, -0.15) is 0 Å². The highest BCUT2D eigenvalue weighted by Gasteiger charge is 2.19. The third kappa shape index (κ3) is 5.01. The third-order valence-corrected chi connectivity index (χ3v) is 3.30. The summed E-state index contributed by atoms with van der Waals surface area (Å²) in [5.41, 5.74) is 1.30. The quantitative estimate of drug-likeness (QED) is 0.666. The second-order valence-corrected chi connectivity index (χ2v) is 5.08. The number of carboxylic acid groups (broad SMARTS) is 1. The second-order valence-electron chi connectivity index (χ2n) is 5.08. The number of carbonyl (C=O) groups excluding carboxylic acids is 1. The van der Waals surface area contributed by atoms with Gasteiger partial charge >= 0.3 is 5.97 Å².